The Balaban J connectivity index is 1.98. The number of nitrogens with one attached hydrogen (secondary N) is 1. The lowest BCUT2D eigenvalue weighted by Crippen LogP contribution is -2.87. The van der Waals surface area contributed by atoms with Gasteiger partial charge in [0.2, 0.25) is 0 Å². The number of benzene rings is 2. The number of para-hydroxylation sites is 1. The van der Waals surface area contributed by atoms with E-state index in [1.54, 1.807) is 0 Å². The maximum atomic E-state index is 12.4. The minimum atomic E-state index is 0.0505. The van der Waals surface area contributed by atoms with Gasteiger partial charge in [0, 0.05) is 22.1 Å². The number of halogens is 1. The van der Waals surface area contributed by atoms with Crippen molar-refractivity contribution in [1.29, 1.82) is 0 Å². The lowest BCUT2D eigenvalue weighted by Gasteiger charge is -2.16. The second kappa shape index (κ2) is 9.00. The van der Waals surface area contributed by atoms with Crippen molar-refractivity contribution in [3.63, 3.8) is 0 Å². The number of quaternary nitrogens is 1. The average Bonchev–Trinajstić information content (AvgIpc) is 2.58. The molecule has 0 unspecified atom stereocenters. The summed E-state index contributed by atoms with van der Waals surface area (Å²) in [7, 11) is 0. The van der Waals surface area contributed by atoms with Gasteiger partial charge >= 0.3 is 0 Å². The number of carbonyl (C=O) groups is 1. The summed E-state index contributed by atoms with van der Waals surface area (Å²) in [6, 6.07) is 14.8. The summed E-state index contributed by atoms with van der Waals surface area (Å²) in [6.07, 6.45) is 1.90. The smallest absolute Gasteiger partial charge is 0.279 e. The van der Waals surface area contributed by atoms with Crippen molar-refractivity contribution in [2.24, 2.45) is 0 Å². The third kappa shape index (κ3) is 4.92. The first-order valence-electron chi connectivity index (χ1n) is 8.52. The van der Waals surface area contributed by atoms with E-state index in [1.807, 2.05) is 31.2 Å². The molecule has 0 radical (unpaired) electrons. The molecule has 3 N–H and O–H groups in total. The second-order valence-electron chi connectivity index (χ2n) is 6.02. The zero-order valence-corrected chi connectivity index (χ0v) is 16.2. The Bertz CT molecular complexity index is 683. The zero-order chi connectivity index (χ0) is 17.5. The standard InChI is InChI=1S/C20H25BrN2O/c1-4-15-8-6-7-14(3)20(15)23-19(24)13-22-18(5-2)16-9-11-17(21)12-10-16/h6-12,18,22H,4-5,13H2,1-3H3,(H,23,24)/p+1/t18-/m0/s1. The van der Waals surface area contributed by atoms with Gasteiger partial charge in [-0.05, 0) is 36.6 Å². The fraction of sp³-hybridized carbons (Fsp3) is 0.350. The molecule has 0 bridgehead atoms. The topological polar surface area (TPSA) is 45.7 Å². The number of hydrogen-bond acceptors (Lipinski definition) is 1. The summed E-state index contributed by atoms with van der Waals surface area (Å²) in [5.41, 5.74) is 4.51. The highest BCUT2D eigenvalue weighted by Gasteiger charge is 2.16. The summed E-state index contributed by atoms with van der Waals surface area (Å²) in [6.45, 7) is 6.72. The van der Waals surface area contributed by atoms with Gasteiger partial charge in [-0.25, -0.2) is 0 Å². The van der Waals surface area contributed by atoms with Crippen LogP contribution in [0, 0.1) is 6.92 Å². The molecule has 0 fully saturated rings. The van der Waals surface area contributed by atoms with E-state index in [1.165, 1.54) is 11.1 Å². The molecule has 1 atom stereocenters. The van der Waals surface area contributed by atoms with Gasteiger partial charge in [0.1, 0.15) is 6.04 Å². The number of carbonyl (C=O) groups excluding carboxylic acids is 1. The number of rotatable bonds is 7. The molecule has 2 aromatic rings. The van der Waals surface area contributed by atoms with E-state index in [0.29, 0.717) is 12.6 Å². The van der Waals surface area contributed by atoms with Crippen molar-refractivity contribution in [1.82, 2.24) is 0 Å². The molecule has 2 rings (SSSR count). The molecule has 0 aliphatic rings. The van der Waals surface area contributed by atoms with Gasteiger partial charge in [-0.1, -0.05) is 60.1 Å². The fourth-order valence-corrected chi connectivity index (χ4v) is 3.15. The molecule has 0 saturated heterocycles. The van der Waals surface area contributed by atoms with Crippen LogP contribution in [0.15, 0.2) is 46.9 Å². The Kier molecular flexibility index (Phi) is 7.00. The van der Waals surface area contributed by atoms with Crippen LogP contribution >= 0.6 is 15.9 Å². The van der Waals surface area contributed by atoms with E-state index < -0.39 is 0 Å². The third-order valence-electron chi connectivity index (χ3n) is 4.33. The number of anilines is 1. The molecular weight excluding hydrogens is 364 g/mol. The maximum Gasteiger partial charge on any atom is 0.279 e. The van der Waals surface area contributed by atoms with Crippen molar-refractivity contribution in [2.75, 3.05) is 11.9 Å². The Morgan fingerprint density at radius 3 is 2.50 bits per heavy atom. The van der Waals surface area contributed by atoms with Crippen LogP contribution in [0.3, 0.4) is 0 Å². The molecular formula is C20H26BrN2O+. The molecule has 2 aromatic carbocycles. The fourth-order valence-electron chi connectivity index (χ4n) is 2.89. The van der Waals surface area contributed by atoms with E-state index in [0.717, 1.165) is 28.6 Å². The number of aryl methyl sites for hydroxylation is 2. The average molecular weight is 390 g/mol. The first kappa shape index (κ1) is 18.7. The zero-order valence-electron chi connectivity index (χ0n) is 14.6. The van der Waals surface area contributed by atoms with Crippen LogP contribution in [0.5, 0.6) is 0 Å². The third-order valence-corrected chi connectivity index (χ3v) is 4.86. The molecule has 128 valence electrons. The maximum absolute atomic E-state index is 12.4. The number of amides is 1. The molecule has 0 aliphatic carbocycles. The van der Waals surface area contributed by atoms with Gasteiger partial charge in [-0.3, -0.25) is 4.79 Å². The lowest BCUT2D eigenvalue weighted by atomic mass is 10.0. The highest BCUT2D eigenvalue weighted by atomic mass is 79.9. The second-order valence-corrected chi connectivity index (χ2v) is 6.93. The van der Waals surface area contributed by atoms with Crippen molar-refractivity contribution in [2.45, 2.75) is 39.7 Å². The van der Waals surface area contributed by atoms with Crippen LogP contribution in [0.2, 0.25) is 0 Å². The summed E-state index contributed by atoms with van der Waals surface area (Å²) in [5.74, 6) is 0.0505. The van der Waals surface area contributed by atoms with Crippen LogP contribution in [0.1, 0.15) is 43.0 Å². The van der Waals surface area contributed by atoms with Gasteiger partial charge in [0.15, 0.2) is 6.54 Å². The van der Waals surface area contributed by atoms with Gasteiger partial charge in [0.05, 0.1) is 0 Å². The van der Waals surface area contributed by atoms with E-state index in [9.17, 15) is 4.79 Å². The summed E-state index contributed by atoms with van der Waals surface area (Å²) in [5, 5.41) is 5.21. The molecule has 4 heteroatoms. The molecule has 3 nitrogen and oxygen atoms in total. The van der Waals surface area contributed by atoms with Gasteiger partial charge < -0.3 is 10.6 Å². The monoisotopic (exact) mass is 389 g/mol. The summed E-state index contributed by atoms with van der Waals surface area (Å²) < 4.78 is 1.07. The minimum Gasteiger partial charge on any atom is -0.332 e. The van der Waals surface area contributed by atoms with Gasteiger partial charge in [-0.15, -0.1) is 0 Å². The van der Waals surface area contributed by atoms with Crippen LogP contribution in [0.25, 0.3) is 0 Å². The van der Waals surface area contributed by atoms with Gasteiger partial charge in [-0.2, -0.15) is 0 Å². The van der Waals surface area contributed by atoms with E-state index in [2.05, 4.69) is 58.6 Å². The van der Waals surface area contributed by atoms with Crippen molar-refractivity contribution < 1.29 is 10.1 Å². The molecule has 1 amide bonds. The molecule has 0 aliphatic heterocycles. The molecule has 0 saturated carbocycles. The van der Waals surface area contributed by atoms with Crippen LogP contribution in [-0.2, 0) is 11.2 Å². The van der Waals surface area contributed by atoms with Crippen LogP contribution in [0.4, 0.5) is 5.69 Å². The predicted octanol–water partition coefficient (Wildman–Crippen LogP) is 3.97. The lowest BCUT2D eigenvalue weighted by molar-refractivity contribution is -0.686. The van der Waals surface area contributed by atoms with E-state index in [4.69, 9.17) is 0 Å². The highest BCUT2D eigenvalue weighted by Crippen LogP contribution is 2.21. The molecule has 0 spiro atoms. The predicted molar refractivity (Wildman–Crippen MR) is 103 cm³/mol. The Hall–Kier alpha value is -1.65. The summed E-state index contributed by atoms with van der Waals surface area (Å²) >= 11 is 3.46. The Labute approximate surface area is 153 Å². The SMILES string of the molecule is CCc1cccc(C)c1NC(=O)C[NH2+][C@@H](CC)c1ccc(Br)cc1. The molecule has 24 heavy (non-hydrogen) atoms. The van der Waals surface area contributed by atoms with Crippen LogP contribution < -0.4 is 10.6 Å². The highest BCUT2D eigenvalue weighted by molar-refractivity contribution is 9.10. The van der Waals surface area contributed by atoms with Gasteiger partial charge in [0.25, 0.3) is 5.91 Å². The number of nitrogens with two attached hydrogens (primary N) is 1. The van der Waals surface area contributed by atoms with Crippen molar-refractivity contribution >= 4 is 27.5 Å². The van der Waals surface area contributed by atoms with E-state index in [-0.39, 0.29) is 5.91 Å². The minimum absolute atomic E-state index is 0.0505. The number of hydrogen-bond donors (Lipinski definition) is 2. The Morgan fingerprint density at radius 1 is 1.17 bits per heavy atom. The van der Waals surface area contributed by atoms with Crippen molar-refractivity contribution in [3.8, 4) is 0 Å². The first-order valence-corrected chi connectivity index (χ1v) is 9.31. The van der Waals surface area contributed by atoms with E-state index >= 15 is 0 Å². The quantitative estimate of drug-likeness (QED) is 0.738. The normalized spacial score (nSPS) is 12.0. The van der Waals surface area contributed by atoms with Crippen molar-refractivity contribution in [3.05, 3.63) is 63.6 Å². The molecule has 0 aromatic heterocycles. The largest absolute Gasteiger partial charge is 0.332 e. The first-order chi connectivity index (χ1) is 11.5. The van der Waals surface area contributed by atoms with Crippen LogP contribution in [-0.4, -0.2) is 12.5 Å². The summed E-state index contributed by atoms with van der Waals surface area (Å²) in [4.78, 5) is 12.4. The Morgan fingerprint density at radius 2 is 1.88 bits per heavy atom. The molecule has 0 heterocycles.